The van der Waals surface area contributed by atoms with Gasteiger partial charge in [-0.1, -0.05) is 181 Å². The smallest absolute Gasteiger partial charge is 0.361 e. The maximum atomic E-state index is 12.4. The Bertz CT molecular complexity index is 727. The van der Waals surface area contributed by atoms with E-state index in [2.05, 4.69) is 42.0 Å². The average Bonchev–Trinajstić information content (AvgIpc) is 3.07. The Kier molecular flexibility index (Phi) is 44.6. The zero-order chi connectivity index (χ0) is 37.7. The van der Waals surface area contributed by atoms with E-state index in [0.29, 0.717) is 35.3 Å². The van der Waals surface area contributed by atoms with Crippen molar-refractivity contribution >= 4 is 48.5 Å². The van der Waals surface area contributed by atoms with Gasteiger partial charge in [0.2, 0.25) is 0 Å². The summed E-state index contributed by atoms with van der Waals surface area (Å²) in [5.74, 6) is 1.82. The molecule has 0 heterocycles. The van der Waals surface area contributed by atoms with Crippen LogP contribution < -0.4 is 0 Å². The lowest BCUT2D eigenvalue weighted by molar-refractivity contribution is -0.881. The van der Waals surface area contributed by atoms with Crippen LogP contribution in [0.15, 0.2) is 0 Å². The Hall–Kier alpha value is -0.210. The Morgan fingerprint density at radius 3 is 0.868 bits per heavy atom. The summed E-state index contributed by atoms with van der Waals surface area (Å²) in [5.41, 5.74) is 0. The number of unbranched alkanes of at least 4 members (excludes halogenated alkanes) is 26. The largest absolute Gasteiger partial charge is 0.462 e. The number of likely N-dealkylation sites (N-methyl/N-ethyl adjacent to an activating group) is 2. The Labute approximate surface area is 347 Å². The molecule has 320 valence electrons. The lowest BCUT2D eigenvalue weighted by Crippen LogP contribution is -2.47. The van der Waals surface area contributed by atoms with Crippen molar-refractivity contribution in [2.45, 2.75) is 194 Å². The highest BCUT2D eigenvalue weighted by molar-refractivity contribution is 7.99. The quantitative estimate of drug-likeness (QED) is 0.0350. The molecule has 53 heavy (non-hydrogen) atoms. The van der Waals surface area contributed by atoms with Crippen LogP contribution in [0.1, 0.15) is 194 Å². The molecule has 0 spiro atoms. The number of esters is 2. The van der Waals surface area contributed by atoms with Crippen molar-refractivity contribution in [3.8, 4) is 0 Å². The molecule has 0 aliphatic carbocycles. The molecular formula is C44H92Cl2N2O4S+2. The number of hydrogen-bond donors (Lipinski definition) is 0. The maximum Gasteiger partial charge on any atom is 0.361 e. The van der Waals surface area contributed by atoms with Crippen LogP contribution in [-0.2, 0) is 19.1 Å². The highest BCUT2D eigenvalue weighted by Gasteiger charge is 2.23. The van der Waals surface area contributed by atoms with Gasteiger partial charge in [0, 0.05) is 11.5 Å². The number of quaternary nitrogens is 2. The molecule has 0 aliphatic heterocycles. The molecule has 0 radical (unpaired) electrons. The monoisotopic (exact) mass is 815 g/mol. The van der Waals surface area contributed by atoms with Crippen LogP contribution in [0.3, 0.4) is 0 Å². The van der Waals surface area contributed by atoms with Crippen LogP contribution in [0, 0.1) is 0 Å². The van der Waals surface area contributed by atoms with Gasteiger partial charge in [0.25, 0.3) is 0 Å². The summed E-state index contributed by atoms with van der Waals surface area (Å²) in [6, 6.07) is 0. The lowest BCUT2D eigenvalue weighted by atomic mass is 10.0. The molecule has 0 aromatic rings. The number of carbonyl (C=O) groups excluding carboxylic acids is 2. The molecule has 0 aromatic carbocycles. The molecule has 0 saturated heterocycles. The molecule has 0 N–H and O–H groups in total. The summed E-state index contributed by atoms with van der Waals surface area (Å²) < 4.78 is 12.4. The number of hydrogen-bond acceptors (Lipinski definition) is 5. The fourth-order valence-corrected chi connectivity index (χ4v) is 8.09. The number of halogens is 2. The molecule has 0 rings (SSSR count). The van der Waals surface area contributed by atoms with Gasteiger partial charge in [0.15, 0.2) is 13.1 Å². The van der Waals surface area contributed by atoms with Crippen molar-refractivity contribution in [3.63, 3.8) is 0 Å². The number of nitrogens with zero attached hydrogens (tertiary/aromatic N) is 2. The van der Waals surface area contributed by atoms with Gasteiger partial charge >= 0.3 is 11.9 Å². The van der Waals surface area contributed by atoms with E-state index in [1.165, 1.54) is 154 Å². The van der Waals surface area contributed by atoms with Crippen LogP contribution in [-0.4, -0.2) is 100.0 Å². The first-order valence-electron chi connectivity index (χ1n) is 22.1. The van der Waals surface area contributed by atoms with E-state index in [1.54, 1.807) is 0 Å². The Morgan fingerprint density at radius 1 is 0.396 bits per heavy atom. The van der Waals surface area contributed by atoms with Crippen molar-refractivity contribution in [3.05, 3.63) is 0 Å². The fraction of sp³-hybridized carbons (Fsp3) is 0.955. The van der Waals surface area contributed by atoms with Crippen molar-refractivity contribution in [2.24, 2.45) is 0 Å². The van der Waals surface area contributed by atoms with Crippen molar-refractivity contribution in [1.82, 2.24) is 0 Å². The molecule has 0 atom stereocenters. The number of rotatable bonds is 40. The van der Waals surface area contributed by atoms with Gasteiger partial charge < -0.3 is 18.4 Å². The molecule has 0 aromatic heterocycles. The van der Waals surface area contributed by atoms with Crippen molar-refractivity contribution in [2.75, 3.05) is 79.1 Å². The predicted molar refractivity (Wildman–Crippen MR) is 238 cm³/mol. The molecule has 0 aliphatic rings. The summed E-state index contributed by atoms with van der Waals surface area (Å²) in [6.45, 7) is 8.37. The first-order chi connectivity index (χ1) is 24.6. The van der Waals surface area contributed by atoms with E-state index in [-0.39, 0.29) is 36.8 Å². The molecular weight excluding hydrogens is 723 g/mol. The van der Waals surface area contributed by atoms with Crippen LogP contribution in [0.4, 0.5) is 0 Å². The van der Waals surface area contributed by atoms with Crippen LogP contribution >= 0.6 is 36.6 Å². The molecule has 9 heteroatoms. The summed E-state index contributed by atoms with van der Waals surface area (Å²) in [7, 11) is 8.45. The van der Waals surface area contributed by atoms with Gasteiger partial charge in [-0.2, -0.15) is 11.8 Å². The second-order valence-corrected chi connectivity index (χ2v) is 18.1. The van der Waals surface area contributed by atoms with E-state index in [1.807, 2.05) is 11.8 Å². The first-order valence-corrected chi connectivity index (χ1v) is 23.3. The normalized spacial score (nSPS) is 11.6. The summed E-state index contributed by atoms with van der Waals surface area (Å²) >= 11 is 1.90. The van der Waals surface area contributed by atoms with Gasteiger partial charge in [-0.15, -0.1) is 24.8 Å². The van der Waals surface area contributed by atoms with E-state index in [0.717, 1.165) is 50.3 Å². The first kappa shape index (κ1) is 57.1. The predicted octanol–water partition coefficient (Wildman–Crippen LogP) is 12.8. The van der Waals surface area contributed by atoms with Gasteiger partial charge in [0.05, 0.1) is 54.5 Å². The number of carbonyl (C=O) groups is 2. The zero-order valence-corrected chi connectivity index (χ0v) is 38.7. The summed E-state index contributed by atoms with van der Waals surface area (Å²) in [4.78, 5) is 24.9. The molecule has 0 fully saturated rings. The standard InChI is InChI=1S/C44H90N2O4S.2ClH/c1-7-9-11-13-15-17-19-21-23-25-27-29-31-33-37-49-43(47)41-45(3,4)35-39-51-40-36-46(5,6)42-44(48)50-38-34-32-30-28-26-24-22-20-18-16-14-12-10-8-2;;/h7-42H2,1-6H3;2*1H/q+2;;. The average molecular weight is 816 g/mol. The second-order valence-electron chi connectivity index (χ2n) is 16.9. The highest BCUT2D eigenvalue weighted by Crippen LogP contribution is 2.15. The third-order valence-electron chi connectivity index (χ3n) is 10.3. The van der Waals surface area contributed by atoms with E-state index < -0.39 is 0 Å². The van der Waals surface area contributed by atoms with Gasteiger partial charge in [-0.3, -0.25) is 0 Å². The molecule has 0 amide bonds. The van der Waals surface area contributed by atoms with Crippen LogP contribution in [0.5, 0.6) is 0 Å². The minimum atomic E-state index is -0.0786. The molecule has 0 bridgehead atoms. The third kappa shape index (κ3) is 44.4. The van der Waals surface area contributed by atoms with Crippen LogP contribution in [0.25, 0.3) is 0 Å². The van der Waals surface area contributed by atoms with Gasteiger partial charge in [-0.25, -0.2) is 9.59 Å². The van der Waals surface area contributed by atoms with Crippen molar-refractivity contribution < 1.29 is 28.0 Å². The summed E-state index contributed by atoms with van der Waals surface area (Å²) in [5, 5.41) is 0. The maximum absolute atomic E-state index is 12.4. The minimum absolute atomic E-state index is 0. The highest BCUT2D eigenvalue weighted by atomic mass is 35.5. The van der Waals surface area contributed by atoms with E-state index >= 15 is 0 Å². The number of thioether (sulfide) groups is 1. The summed E-state index contributed by atoms with van der Waals surface area (Å²) in [6.07, 6.45) is 37.3. The minimum Gasteiger partial charge on any atom is -0.462 e. The topological polar surface area (TPSA) is 52.6 Å². The van der Waals surface area contributed by atoms with E-state index in [4.69, 9.17) is 9.47 Å². The zero-order valence-electron chi connectivity index (χ0n) is 36.2. The second kappa shape index (κ2) is 41.4. The van der Waals surface area contributed by atoms with Crippen LogP contribution in [0.2, 0.25) is 0 Å². The van der Waals surface area contributed by atoms with Gasteiger partial charge in [0.1, 0.15) is 0 Å². The fourth-order valence-electron chi connectivity index (χ4n) is 6.64. The number of ether oxygens (including phenoxy) is 2. The Balaban J connectivity index is -0.0000125. The third-order valence-corrected chi connectivity index (χ3v) is 11.3. The van der Waals surface area contributed by atoms with Gasteiger partial charge in [-0.05, 0) is 12.8 Å². The van der Waals surface area contributed by atoms with E-state index in [9.17, 15) is 9.59 Å². The SMILES string of the molecule is CCCCCCCCCCCCCCCCOC(=O)C[N+](C)(C)CCSCC[N+](C)(C)CC(=O)OCCCCCCCCCCCCCCCC.Cl.Cl. The van der Waals surface area contributed by atoms with Crippen molar-refractivity contribution in [1.29, 1.82) is 0 Å². The Morgan fingerprint density at radius 2 is 0.623 bits per heavy atom. The molecule has 6 nitrogen and oxygen atoms in total. The molecule has 0 saturated carbocycles. The molecule has 0 unspecified atom stereocenters. The lowest BCUT2D eigenvalue weighted by Gasteiger charge is -2.30.